The van der Waals surface area contributed by atoms with Crippen molar-refractivity contribution in [2.75, 3.05) is 19.3 Å². The van der Waals surface area contributed by atoms with Crippen LogP contribution < -0.4 is 4.72 Å². The zero-order valence-corrected chi connectivity index (χ0v) is 14.8. The van der Waals surface area contributed by atoms with Crippen molar-refractivity contribution in [3.05, 3.63) is 40.4 Å². The molecule has 1 aliphatic heterocycles. The van der Waals surface area contributed by atoms with Crippen molar-refractivity contribution < 1.29 is 13.2 Å². The Labute approximate surface area is 142 Å². The number of sulfonamides is 1. The van der Waals surface area contributed by atoms with E-state index in [2.05, 4.69) is 4.72 Å². The Balaban J connectivity index is 1.89. The van der Waals surface area contributed by atoms with Crippen molar-refractivity contribution in [3.63, 3.8) is 0 Å². The normalized spacial score (nSPS) is 16.9. The molecule has 1 saturated heterocycles. The maximum Gasteiger partial charge on any atom is 0.246 e. The van der Waals surface area contributed by atoms with Gasteiger partial charge in [-0.3, -0.25) is 4.79 Å². The summed E-state index contributed by atoms with van der Waals surface area (Å²) in [7, 11) is -3.20. The SMILES string of the molecule is Cc1ccc(C=CC(=O)N2CCC(NS(C)(=O)=O)CC2)cc1Cl. The molecule has 0 aliphatic carbocycles. The molecule has 0 bridgehead atoms. The first-order valence-electron chi connectivity index (χ1n) is 7.45. The van der Waals surface area contributed by atoms with Crippen LogP contribution in [-0.4, -0.2) is 44.6 Å². The van der Waals surface area contributed by atoms with Gasteiger partial charge in [0.05, 0.1) is 6.26 Å². The van der Waals surface area contributed by atoms with Crippen LogP contribution in [0.1, 0.15) is 24.0 Å². The molecular formula is C16H21ClN2O3S. The number of hydrogen-bond donors (Lipinski definition) is 1. The van der Waals surface area contributed by atoms with Crippen molar-refractivity contribution in [2.24, 2.45) is 0 Å². The van der Waals surface area contributed by atoms with Crippen LogP contribution >= 0.6 is 11.6 Å². The van der Waals surface area contributed by atoms with Crippen molar-refractivity contribution in [1.82, 2.24) is 9.62 Å². The molecule has 23 heavy (non-hydrogen) atoms. The zero-order valence-electron chi connectivity index (χ0n) is 13.3. The molecule has 0 saturated carbocycles. The molecule has 1 amide bonds. The summed E-state index contributed by atoms with van der Waals surface area (Å²) < 4.78 is 25.0. The first-order chi connectivity index (χ1) is 10.7. The molecule has 0 unspecified atom stereocenters. The molecule has 0 atom stereocenters. The lowest BCUT2D eigenvalue weighted by Gasteiger charge is -2.31. The van der Waals surface area contributed by atoms with Crippen molar-refractivity contribution in [1.29, 1.82) is 0 Å². The van der Waals surface area contributed by atoms with E-state index in [1.54, 1.807) is 11.0 Å². The molecule has 1 aromatic carbocycles. The van der Waals surface area contributed by atoms with Gasteiger partial charge < -0.3 is 4.90 Å². The first-order valence-corrected chi connectivity index (χ1v) is 9.72. The summed E-state index contributed by atoms with van der Waals surface area (Å²) in [5, 5.41) is 0.673. The van der Waals surface area contributed by atoms with E-state index in [-0.39, 0.29) is 11.9 Å². The number of halogens is 1. The van der Waals surface area contributed by atoms with Gasteiger partial charge in [0, 0.05) is 30.2 Å². The van der Waals surface area contributed by atoms with Crippen molar-refractivity contribution >= 4 is 33.6 Å². The molecule has 7 heteroatoms. The van der Waals surface area contributed by atoms with Crippen molar-refractivity contribution in [3.8, 4) is 0 Å². The van der Waals surface area contributed by atoms with Gasteiger partial charge in [0.25, 0.3) is 0 Å². The lowest BCUT2D eigenvalue weighted by molar-refractivity contribution is -0.126. The van der Waals surface area contributed by atoms with E-state index in [0.717, 1.165) is 17.4 Å². The number of aryl methyl sites for hydroxylation is 1. The van der Waals surface area contributed by atoms with E-state index in [4.69, 9.17) is 11.6 Å². The summed E-state index contributed by atoms with van der Waals surface area (Å²) in [6.07, 6.45) is 5.69. The van der Waals surface area contributed by atoms with Gasteiger partial charge in [-0.05, 0) is 43.0 Å². The summed E-state index contributed by atoms with van der Waals surface area (Å²) in [6.45, 7) is 3.02. The Bertz CT molecular complexity index is 708. The number of benzene rings is 1. The van der Waals surface area contributed by atoms with Gasteiger partial charge in [-0.25, -0.2) is 13.1 Å². The summed E-state index contributed by atoms with van der Waals surface area (Å²) in [4.78, 5) is 13.9. The van der Waals surface area contributed by atoms with Gasteiger partial charge in [-0.1, -0.05) is 23.7 Å². The predicted octanol–water partition coefficient (Wildman–Crippen LogP) is 2.20. The van der Waals surface area contributed by atoms with Crippen LogP contribution in [-0.2, 0) is 14.8 Å². The molecule has 0 spiro atoms. The molecule has 1 N–H and O–H groups in total. The minimum absolute atomic E-state index is 0.0699. The molecule has 1 heterocycles. The van der Waals surface area contributed by atoms with Gasteiger partial charge in [-0.15, -0.1) is 0 Å². The second-order valence-corrected chi connectivity index (χ2v) is 8.02. The maximum atomic E-state index is 12.2. The number of nitrogens with zero attached hydrogens (tertiary/aromatic N) is 1. The summed E-state index contributed by atoms with van der Waals surface area (Å²) >= 11 is 6.06. The number of carbonyl (C=O) groups is 1. The summed E-state index contributed by atoms with van der Waals surface area (Å²) in [5.74, 6) is -0.0699. The first kappa shape index (κ1) is 18.0. The van der Waals surface area contributed by atoms with Gasteiger partial charge in [0.15, 0.2) is 0 Å². The topological polar surface area (TPSA) is 66.5 Å². The average molecular weight is 357 g/mol. The van der Waals surface area contributed by atoms with Crippen LogP contribution in [0.4, 0.5) is 0 Å². The largest absolute Gasteiger partial charge is 0.339 e. The number of nitrogens with one attached hydrogen (secondary N) is 1. The molecule has 2 rings (SSSR count). The third-order valence-electron chi connectivity index (χ3n) is 3.80. The summed E-state index contributed by atoms with van der Waals surface area (Å²) in [5.41, 5.74) is 1.87. The standard InChI is InChI=1S/C16H21ClN2O3S/c1-12-3-4-13(11-15(12)17)5-6-16(20)19-9-7-14(8-10-19)18-23(2,21)22/h3-6,11,14,18H,7-10H2,1-2H3. The van der Waals surface area contributed by atoms with Crippen LogP contribution in [0.5, 0.6) is 0 Å². The molecule has 0 aromatic heterocycles. The average Bonchev–Trinajstić information content (AvgIpc) is 2.47. The zero-order chi connectivity index (χ0) is 17.0. The number of hydrogen-bond acceptors (Lipinski definition) is 3. The Morgan fingerprint density at radius 1 is 1.35 bits per heavy atom. The molecule has 126 valence electrons. The number of carbonyl (C=O) groups excluding carboxylic acids is 1. The Kier molecular flexibility index (Phi) is 5.84. The van der Waals surface area contributed by atoms with Crippen LogP contribution in [0.3, 0.4) is 0 Å². The van der Waals surface area contributed by atoms with Crippen LogP contribution in [0.25, 0.3) is 6.08 Å². The van der Waals surface area contributed by atoms with Gasteiger partial charge in [-0.2, -0.15) is 0 Å². The number of piperidine rings is 1. The number of likely N-dealkylation sites (tertiary alicyclic amines) is 1. The highest BCUT2D eigenvalue weighted by Crippen LogP contribution is 2.18. The van der Waals surface area contributed by atoms with Crippen LogP contribution in [0.2, 0.25) is 5.02 Å². The Morgan fingerprint density at radius 2 is 2.00 bits per heavy atom. The monoisotopic (exact) mass is 356 g/mol. The Hall–Kier alpha value is -1.37. The number of amides is 1. The lowest BCUT2D eigenvalue weighted by atomic mass is 10.1. The fraction of sp³-hybridized carbons (Fsp3) is 0.438. The predicted molar refractivity (Wildman–Crippen MR) is 92.8 cm³/mol. The van der Waals surface area contributed by atoms with E-state index in [9.17, 15) is 13.2 Å². The minimum Gasteiger partial charge on any atom is -0.339 e. The highest BCUT2D eigenvalue weighted by molar-refractivity contribution is 7.88. The fourth-order valence-corrected chi connectivity index (χ4v) is 3.54. The second kappa shape index (κ2) is 7.47. The van der Waals surface area contributed by atoms with Crippen LogP contribution in [0.15, 0.2) is 24.3 Å². The van der Waals surface area contributed by atoms with E-state index < -0.39 is 10.0 Å². The highest BCUT2D eigenvalue weighted by Gasteiger charge is 2.23. The molecule has 1 fully saturated rings. The second-order valence-electron chi connectivity index (χ2n) is 5.83. The molecule has 1 aromatic rings. The summed E-state index contributed by atoms with van der Waals surface area (Å²) in [6, 6.07) is 5.55. The lowest BCUT2D eigenvalue weighted by Crippen LogP contribution is -2.45. The van der Waals surface area contributed by atoms with Gasteiger partial charge in [0.2, 0.25) is 15.9 Å². The molecular weight excluding hydrogens is 336 g/mol. The third kappa shape index (κ3) is 5.64. The van der Waals surface area contributed by atoms with E-state index in [1.807, 2.05) is 25.1 Å². The minimum atomic E-state index is -3.20. The van der Waals surface area contributed by atoms with Gasteiger partial charge >= 0.3 is 0 Å². The Morgan fingerprint density at radius 3 is 2.57 bits per heavy atom. The maximum absolute atomic E-state index is 12.2. The number of rotatable bonds is 4. The molecule has 1 aliphatic rings. The fourth-order valence-electron chi connectivity index (χ4n) is 2.51. The molecule has 5 nitrogen and oxygen atoms in total. The van der Waals surface area contributed by atoms with Crippen molar-refractivity contribution in [2.45, 2.75) is 25.8 Å². The quantitative estimate of drug-likeness (QED) is 0.841. The van der Waals surface area contributed by atoms with Gasteiger partial charge in [0.1, 0.15) is 0 Å². The third-order valence-corrected chi connectivity index (χ3v) is 4.97. The van der Waals surface area contributed by atoms with Crippen LogP contribution in [0, 0.1) is 6.92 Å². The molecule has 0 radical (unpaired) electrons. The smallest absolute Gasteiger partial charge is 0.246 e. The van der Waals surface area contributed by atoms with E-state index in [0.29, 0.717) is 31.0 Å². The highest BCUT2D eigenvalue weighted by atomic mass is 35.5. The van der Waals surface area contributed by atoms with E-state index >= 15 is 0 Å². The van der Waals surface area contributed by atoms with E-state index in [1.165, 1.54) is 6.08 Å².